The van der Waals surface area contributed by atoms with Gasteiger partial charge in [-0.15, -0.1) is 0 Å². The van der Waals surface area contributed by atoms with E-state index >= 15 is 0 Å². The van der Waals surface area contributed by atoms with Crippen LogP contribution in [0.4, 0.5) is 4.79 Å². The van der Waals surface area contributed by atoms with Crippen LogP contribution in [0, 0.1) is 0 Å². The summed E-state index contributed by atoms with van der Waals surface area (Å²) in [5.41, 5.74) is 0.325. The van der Waals surface area contributed by atoms with E-state index in [-0.39, 0.29) is 24.6 Å². The maximum Gasteiger partial charge on any atom is 0.410 e. The van der Waals surface area contributed by atoms with Crippen molar-refractivity contribution in [3.63, 3.8) is 0 Å². The van der Waals surface area contributed by atoms with Crippen LogP contribution in [-0.2, 0) is 11.8 Å². The third kappa shape index (κ3) is 3.54. The molecule has 29 heavy (non-hydrogen) atoms. The quantitative estimate of drug-likeness (QED) is 0.571. The van der Waals surface area contributed by atoms with Crippen LogP contribution >= 0.6 is 27.5 Å². The molecule has 0 N–H and O–H groups in total. The van der Waals surface area contributed by atoms with E-state index in [1.54, 1.807) is 21.5 Å². The Balaban J connectivity index is 1.68. The molecule has 0 saturated carbocycles. The molecule has 1 saturated heterocycles. The topological polar surface area (TPSA) is 76.9 Å². The molecule has 0 aliphatic carbocycles. The fourth-order valence-corrected chi connectivity index (χ4v) is 4.40. The van der Waals surface area contributed by atoms with Gasteiger partial charge in [-0.25, -0.2) is 4.79 Å². The second kappa shape index (κ2) is 7.05. The number of hydrogen-bond donors (Lipinski definition) is 0. The van der Waals surface area contributed by atoms with Gasteiger partial charge in [0.2, 0.25) is 0 Å². The van der Waals surface area contributed by atoms with E-state index in [0.29, 0.717) is 46.0 Å². The van der Waals surface area contributed by atoms with Crippen molar-refractivity contribution in [3.8, 4) is 5.75 Å². The van der Waals surface area contributed by atoms with Gasteiger partial charge >= 0.3 is 6.09 Å². The Hall–Kier alpha value is -2.00. The Morgan fingerprint density at radius 2 is 2.10 bits per heavy atom. The van der Waals surface area contributed by atoms with Crippen LogP contribution in [0.3, 0.4) is 0 Å². The maximum absolute atomic E-state index is 13.5. The zero-order valence-electron chi connectivity index (χ0n) is 16.7. The molecule has 156 valence electrons. The second-order valence-corrected chi connectivity index (χ2v) is 9.46. The third-order valence-electron chi connectivity index (χ3n) is 4.95. The summed E-state index contributed by atoms with van der Waals surface area (Å²) in [6.45, 7) is 6.81. The van der Waals surface area contributed by atoms with Gasteiger partial charge in [0.05, 0.1) is 15.5 Å². The molecule has 8 nitrogen and oxygen atoms in total. The normalized spacial score (nSPS) is 19.5. The molecule has 10 heteroatoms. The number of piperazine rings is 1. The van der Waals surface area contributed by atoms with E-state index in [1.165, 1.54) is 0 Å². The zero-order chi connectivity index (χ0) is 21.1. The van der Waals surface area contributed by atoms with Gasteiger partial charge in [-0.05, 0) is 36.7 Å². The van der Waals surface area contributed by atoms with E-state index in [2.05, 4.69) is 21.0 Å². The van der Waals surface area contributed by atoms with Gasteiger partial charge in [-0.1, -0.05) is 11.6 Å². The number of rotatable bonds is 0. The summed E-state index contributed by atoms with van der Waals surface area (Å²) in [6.07, 6.45) is 1.42. The van der Waals surface area contributed by atoms with Crippen molar-refractivity contribution < 1.29 is 19.1 Å². The van der Waals surface area contributed by atoms with Gasteiger partial charge < -0.3 is 19.3 Å². The fourth-order valence-electron chi connectivity index (χ4n) is 3.68. The van der Waals surface area contributed by atoms with Crippen molar-refractivity contribution in [2.24, 2.45) is 7.05 Å². The van der Waals surface area contributed by atoms with Crippen LogP contribution in [0.5, 0.6) is 5.75 Å². The number of halogens is 2. The van der Waals surface area contributed by atoms with Crippen LogP contribution in [0.1, 0.15) is 31.1 Å². The first kappa shape index (κ1) is 20.3. The van der Waals surface area contributed by atoms with Crippen molar-refractivity contribution in [2.75, 3.05) is 26.2 Å². The van der Waals surface area contributed by atoms with Gasteiger partial charge in [0.25, 0.3) is 5.91 Å². The van der Waals surface area contributed by atoms with Gasteiger partial charge in [-0.2, -0.15) is 5.10 Å². The number of aromatic nitrogens is 2. The molecule has 1 atom stereocenters. The Kier molecular flexibility index (Phi) is 4.93. The molecule has 0 bridgehead atoms. The highest BCUT2D eigenvalue weighted by Gasteiger charge is 2.40. The Labute approximate surface area is 181 Å². The van der Waals surface area contributed by atoms with Crippen LogP contribution < -0.4 is 4.74 Å². The van der Waals surface area contributed by atoms with Gasteiger partial charge in [0, 0.05) is 38.3 Å². The van der Waals surface area contributed by atoms with E-state index in [0.717, 1.165) is 5.39 Å². The van der Waals surface area contributed by atoms with Gasteiger partial charge in [-0.3, -0.25) is 9.48 Å². The Morgan fingerprint density at radius 1 is 1.38 bits per heavy atom. The lowest BCUT2D eigenvalue weighted by molar-refractivity contribution is 0.000966. The minimum Gasteiger partial charge on any atom is -0.489 e. The lowest BCUT2D eigenvalue weighted by Crippen LogP contribution is -2.58. The molecule has 1 aromatic carbocycles. The molecule has 2 aromatic rings. The first-order chi connectivity index (χ1) is 13.6. The standard InChI is InChI=1S/C19H22BrClN4O4/c1-19(2,3)29-18(27)24-5-6-25-10(7-24)9-28-16-12(17(25)26)15-11(8-23(4)22-15)13(20)14(16)21/h8,10H,5-7,9H2,1-4H3/t10-/m1/s1. The van der Waals surface area contributed by atoms with E-state index in [1.807, 2.05) is 27.0 Å². The number of carbonyl (C=O) groups excluding carboxylic acids is 2. The SMILES string of the molecule is Cn1cc2c(Br)c(Cl)c3c(c2n1)C(=O)N1CCN(C(=O)OC(C)(C)C)C[C@@H]1CO3. The summed E-state index contributed by atoms with van der Waals surface area (Å²) in [4.78, 5) is 29.3. The minimum atomic E-state index is -0.579. The fraction of sp³-hybridized carbons (Fsp3) is 0.526. The lowest BCUT2D eigenvalue weighted by atomic mass is 10.1. The highest BCUT2D eigenvalue weighted by molar-refractivity contribution is 9.10. The molecule has 0 unspecified atom stereocenters. The van der Waals surface area contributed by atoms with Crippen LogP contribution in [-0.4, -0.2) is 69.5 Å². The number of ether oxygens (including phenoxy) is 2. The van der Waals surface area contributed by atoms with Crippen molar-refractivity contribution >= 4 is 50.4 Å². The summed E-state index contributed by atoms with van der Waals surface area (Å²) >= 11 is 10.0. The first-order valence-corrected chi connectivity index (χ1v) is 10.5. The molecule has 2 aliphatic rings. The number of fused-ring (bicyclic) bond motifs is 4. The number of nitrogens with zero attached hydrogens (tertiary/aromatic N) is 4. The predicted octanol–water partition coefficient (Wildman–Crippen LogP) is 3.44. The molecule has 3 heterocycles. The second-order valence-electron chi connectivity index (χ2n) is 8.29. The summed E-state index contributed by atoms with van der Waals surface area (Å²) < 4.78 is 13.8. The summed E-state index contributed by atoms with van der Waals surface area (Å²) in [5, 5.41) is 5.55. The van der Waals surface area contributed by atoms with Crippen LogP contribution in [0.2, 0.25) is 5.02 Å². The molecule has 1 fully saturated rings. The van der Waals surface area contributed by atoms with Crippen molar-refractivity contribution in [1.82, 2.24) is 19.6 Å². The van der Waals surface area contributed by atoms with Crippen molar-refractivity contribution in [1.29, 1.82) is 0 Å². The number of amides is 2. The molecule has 0 radical (unpaired) electrons. The van der Waals surface area contributed by atoms with Crippen molar-refractivity contribution in [3.05, 3.63) is 21.3 Å². The highest BCUT2D eigenvalue weighted by Crippen LogP contribution is 2.44. The van der Waals surface area contributed by atoms with Crippen LogP contribution in [0.25, 0.3) is 10.9 Å². The highest BCUT2D eigenvalue weighted by atomic mass is 79.9. The van der Waals surface area contributed by atoms with Gasteiger partial charge in [0.15, 0.2) is 5.75 Å². The predicted molar refractivity (Wildman–Crippen MR) is 112 cm³/mol. The molecular formula is C19H22BrClN4O4. The zero-order valence-corrected chi connectivity index (χ0v) is 19.0. The average molecular weight is 486 g/mol. The van der Waals surface area contributed by atoms with Gasteiger partial charge in [0.1, 0.15) is 23.3 Å². The average Bonchev–Trinajstić information content (AvgIpc) is 2.95. The maximum atomic E-state index is 13.5. The largest absolute Gasteiger partial charge is 0.489 e. The van der Waals surface area contributed by atoms with E-state index < -0.39 is 5.60 Å². The molecule has 1 aromatic heterocycles. The number of carbonyl (C=O) groups is 2. The molecule has 2 aliphatic heterocycles. The molecule has 2 amide bonds. The summed E-state index contributed by atoms with van der Waals surface area (Å²) in [5.74, 6) is 0.136. The summed E-state index contributed by atoms with van der Waals surface area (Å²) in [7, 11) is 1.79. The third-order valence-corrected chi connectivity index (χ3v) is 6.36. The van der Waals surface area contributed by atoms with Crippen molar-refractivity contribution in [2.45, 2.75) is 32.4 Å². The lowest BCUT2D eigenvalue weighted by Gasteiger charge is -2.40. The summed E-state index contributed by atoms with van der Waals surface area (Å²) in [6, 6.07) is -0.301. The van der Waals surface area contributed by atoms with Crippen LogP contribution in [0.15, 0.2) is 10.7 Å². The number of aryl methyl sites for hydroxylation is 1. The monoisotopic (exact) mass is 484 g/mol. The van der Waals surface area contributed by atoms with E-state index in [4.69, 9.17) is 21.1 Å². The number of hydrogen-bond acceptors (Lipinski definition) is 5. The van der Waals surface area contributed by atoms with E-state index in [9.17, 15) is 9.59 Å². The Morgan fingerprint density at radius 3 is 2.79 bits per heavy atom. The molecular weight excluding hydrogens is 464 g/mol. The Bertz CT molecular complexity index is 1020. The minimum absolute atomic E-state index is 0.190. The molecule has 4 rings (SSSR count). The smallest absolute Gasteiger partial charge is 0.410 e. The number of benzene rings is 1. The molecule has 0 spiro atoms. The first-order valence-electron chi connectivity index (χ1n) is 9.33.